The molecule has 0 atom stereocenters. The maximum atomic E-state index is 4.94. The van der Waals surface area contributed by atoms with Crippen LogP contribution in [-0.2, 0) is 132 Å². The molecule has 3 radical (unpaired) electrons. The van der Waals surface area contributed by atoms with E-state index in [0.29, 0.717) is 0 Å². The molecule has 0 aromatic heterocycles. The predicted octanol–water partition coefficient (Wildman–Crippen LogP) is 10.7. The summed E-state index contributed by atoms with van der Waals surface area (Å²) in [4.78, 5) is 0. The average Bonchev–Trinajstić information content (AvgIpc) is 3.37. The summed E-state index contributed by atoms with van der Waals surface area (Å²) in [5, 5.41) is 0. The molecule has 0 unspecified atom stereocenters. The molecule has 2 heterocycles. The second kappa shape index (κ2) is 45.1. The Kier molecular flexibility index (Phi) is 78.2. The smallest absolute Gasteiger partial charge is 2.00 e. The van der Waals surface area contributed by atoms with Crippen molar-refractivity contribution in [1.29, 1.82) is 0 Å². The van der Waals surface area contributed by atoms with Gasteiger partial charge in [-0.05, 0) is 25.7 Å². The Bertz CT molecular complexity index is 585. The molecule has 0 amide bonds. The standard InChI is InChI=1S/4C6H18NSi2.2C4H8O.4Fe.Na.4S/c4*1-8(2,3)7-9(4,5)6;2*1-2-4-5-3-1;;;;;;;;;/h4*1-6H3;2*1-4H2;;;;;;;;;/q4*-1;;;+2;3*+3;+1;4*-2. The van der Waals surface area contributed by atoms with E-state index in [1.54, 1.807) is 0 Å². The van der Waals surface area contributed by atoms with Crippen LogP contribution in [0.15, 0.2) is 0 Å². The SMILES string of the molecule is C1CCOC1.C1CCOC1.C[Si](C)(C)[N-][Si](C)(C)C.C[Si](C)(C)[N-][Si](C)(C)C.C[Si](C)(C)[N-][Si](C)(C)C.C[Si](C)(C)[N-][Si](C)(C)C.[Fe+2].[Fe+3].[Fe+3].[Fe+3].[Na+].[S-2].[S-2].[S-2].[S-2]. The maximum Gasteiger partial charge on any atom is 3.00 e. The van der Waals surface area contributed by atoms with Crippen LogP contribution < -0.4 is 29.6 Å². The van der Waals surface area contributed by atoms with E-state index in [4.69, 9.17) is 28.1 Å². The van der Waals surface area contributed by atoms with Crippen molar-refractivity contribution in [3.63, 3.8) is 0 Å². The van der Waals surface area contributed by atoms with Gasteiger partial charge in [0.2, 0.25) is 0 Å². The van der Waals surface area contributed by atoms with Gasteiger partial charge in [-0.1, -0.05) is 223 Å². The topological polar surface area (TPSA) is 74.9 Å². The van der Waals surface area contributed by atoms with Gasteiger partial charge in [-0.25, -0.2) is 0 Å². The van der Waals surface area contributed by atoms with Gasteiger partial charge >= 0.3 is 97.8 Å². The largest absolute Gasteiger partial charge is 3.00 e. The number of ether oxygens (including phenoxy) is 2. The summed E-state index contributed by atoms with van der Waals surface area (Å²) in [6, 6.07) is 0. The molecule has 0 N–H and O–H groups in total. The molecule has 337 valence electrons. The van der Waals surface area contributed by atoms with E-state index < -0.39 is 65.9 Å². The predicted molar refractivity (Wildman–Crippen MR) is 270 cm³/mol. The first-order valence-corrected chi connectivity index (χ1v) is 45.5. The molecule has 0 aromatic carbocycles. The van der Waals surface area contributed by atoms with Gasteiger partial charge in [0.05, 0.1) is 0 Å². The van der Waals surface area contributed by atoms with E-state index in [9.17, 15) is 0 Å². The van der Waals surface area contributed by atoms with Crippen LogP contribution in [0.1, 0.15) is 25.7 Å². The average molecular weight is 1160 g/mol. The van der Waals surface area contributed by atoms with Crippen molar-refractivity contribution in [2.75, 3.05) is 26.4 Å². The Hall–Kier alpha value is 5.97. The molecule has 23 heteroatoms. The molecule has 2 aliphatic heterocycles. The van der Waals surface area contributed by atoms with Crippen molar-refractivity contribution < 1.29 is 107 Å². The monoisotopic (exact) mass is 1160 g/mol. The summed E-state index contributed by atoms with van der Waals surface area (Å²) in [6.07, 6.45) is 5.11. The van der Waals surface area contributed by atoms with Crippen molar-refractivity contribution in [3.05, 3.63) is 18.6 Å². The Labute approximate surface area is 449 Å². The third-order valence-electron chi connectivity index (χ3n) is 4.34. The Morgan fingerprint density at radius 2 is 0.364 bits per heavy atom. The van der Waals surface area contributed by atoms with Gasteiger partial charge in [-0.3, -0.25) is 0 Å². The summed E-state index contributed by atoms with van der Waals surface area (Å²) in [7, 11) is -8.85. The van der Waals surface area contributed by atoms with E-state index in [0.717, 1.165) is 26.4 Å². The van der Waals surface area contributed by atoms with Crippen LogP contribution >= 0.6 is 0 Å². The fraction of sp³-hybridized carbons (Fsp3) is 1.00. The molecule has 6 nitrogen and oxygen atoms in total. The maximum absolute atomic E-state index is 4.94. The van der Waals surface area contributed by atoms with E-state index in [-0.39, 0.29) is 152 Å². The normalized spacial score (nSPS) is 13.5. The van der Waals surface area contributed by atoms with Crippen molar-refractivity contribution in [3.8, 4) is 0 Å². The second-order valence-corrected chi connectivity index (χ2v) is 58.8. The van der Waals surface area contributed by atoms with Crippen LogP contribution in [0.25, 0.3) is 18.6 Å². The quantitative estimate of drug-likeness (QED) is 0.227. The van der Waals surface area contributed by atoms with Crippen molar-refractivity contribution in [2.45, 2.75) is 183 Å². The third-order valence-corrected chi connectivity index (χ3v) is 25.8. The fourth-order valence-electron chi connectivity index (χ4n) is 5.05. The van der Waals surface area contributed by atoms with E-state index in [1.807, 2.05) is 0 Å². The minimum absolute atomic E-state index is 0. The van der Waals surface area contributed by atoms with Gasteiger partial charge in [0.25, 0.3) is 0 Å². The fourth-order valence-corrected chi connectivity index (χ4v) is 37.2. The minimum atomic E-state index is -1.11. The zero-order valence-corrected chi connectivity index (χ0v) is 58.0. The van der Waals surface area contributed by atoms with Crippen LogP contribution in [-0.4, -0.2) is 92.3 Å². The summed E-state index contributed by atoms with van der Waals surface area (Å²) in [6.45, 7) is 59.1. The molecule has 0 bridgehead atoms. The number of hydrogen-bond acceptors (Lipinski definition) is 2. The summed E-state index contributed by atoms with van der Waals surface area (Å²) < 4.78 is 29.2. The van der Waals surface area contributed by atoms with E-state index in [1.165, 1.54) is 25.7 Å². The first-order valence-electron chi connectivity index (χ1n) is 17.9. The van der Waals surface area contributed by atoms with Gasteiger partial charge in [-0.2, -0.15) is 0 Å². The molecule has 2 saturated heterocycles. The molecule has 2 fully saturated rings. The van der Waals surface area contributed by atoms with Gasteiger partial charge in [0, 0.05) is 26.4 Å². The van der Waals surface area contributed by atoms with Crippen LogP contribution in [0.5, 0.6) is 0 Å². The van der Waals surface area contributed by atoms with Crippen LogP contribution in [0.2, 0.25) is 157 Å². The summed E-state index contributed by atoms with van der Waals surface area (Å²) >= 11 is 0. The summed E-state index contributed by atoms with van der Waals surface area (Å²) in [5.41, 5.74) is 0. The van der Waals surface area contributed by atoms with Crippen LogP contribution in [0.4, 0.5) is 0 Å². The van der Waals surface area contributed by atoms with Crippen molar-refractivity contribution in [1.82, 2.24) is 0 Å². The molecule has 0 aromatic rings. The third kappa shape index (κ3) is 126. The van der Waals surface area contributed by atoms with Gasteiger partial charge < -0.3 is 82.0 Å². The molecule has 0 aliphatic carbocycles. The summed E-state index contributed by atoms with van der Waals surface area (Å²) in [5.74, 6) is 0. The molecule has 0 spiro atoms. The molecule has 2 aliphatic rings. The number of nitrogens with zero attached hydrogens (tertiary/aromatic N) is 4. The number of hydrogen-bond donors (Lipinski definition) is 0. The first kappa shape index (κ1) is 95.3. The Balaban J connectivity index is -0.0000000342. The molecule has 55 heavy (non-hydrogen) atoms. The Morgan fingerprint density at radius 3 is 0.382 bits per heavy atom. The van der Waals surface area contributed by atoms with E-state index >= 15 is 0 Å². The molecular weight excluding hydrogens is 1070 g/mol. The van der Waals surface area contributed by atoms with E-state index in [2.05, 4.69) is 157 Å². The van der Waals surface area contributed by atoms with Gasteiger partial charge in [0.1, 0.15) is 0 Å². The van der Waals surface area contributed by atoms with Crippen molar-refractivity contribution >= 4 is 120 Å². The second-order valence-electron chi connectivity index (χ2n) is 20.5. The molecular formula is C32H88Fe4N4NaO2S4Si8. The zero-order valence-electron chi connectivity index (χ0n) is 40.3. The van der Waals surface area contributed by atoms with Crippen LogP contribution in [0.3, 0.4) is 0 Å². The van der Waals surface area contributed by atoms with Crippen LogP contribution in [0, 0.1) is 0 Å². The van der Waals surface area contributed by atoms with Gasteiger partial charge in [0.15, 0.2) is 0 Å². The Morgan fingerprint density at radius 1 is 0.273 bits per heavy atom. The van der Waals surface area contributed by atoms with Gasteiger partial charge in [-0.15, -0.1) is 0 Å². The first-order chi connectivity index (χ1) is 19.8. The number of rotatable bonds is 8. The molecule has 2 rings (SSSR count). The zero-order chi connectivity index (χ0) is 37.9. The minimum Gasteiger partial charge on any atom is -2.00 e. The van der Waals surface area contributed by atoms with Crippen molar-refractivity contribution in [2.24, 2.45) is 0 Å². The molecule has 0 saturated carbocycles.